The Labute approximate surface area is 228 Å². The zero-order chi connectivity index (χ0) is 28.6. The summed E-state index contributed by atoms with van der Waals surface area (Å²) in [4.78, 5) is 23.9. The van der Waals surface area contributed by atoms with E-state index in [-0.39, 0.29) is 30.7 Å². The Hall–Kier alpha value is -2.89. The van der Waals surface area contributed by atoms with Gasteiger partial charge in [-0.3, -0.25) is 9.59 Å². The Balaban J connectivity index is 1.69. The first-order valence-electron chi connectivity index (χ1n) is 13.0. The van der Waals surface area contributed by atoms with Gasteiger partial charge in [0.05, 0.1) is 36.5 Å². The molecule has 3 rings (SSSR count). The van der Waals surface area contributed by atoms with Crippen molar-refractivity contribution in [1.82, 2.24) is 10.6 Å². The maximum atomic E-state index is 13.8. The molecule has 1 radical (unpaired) electrons. The molecule has 213 valence electrons. The highest BCUT2D eigenvalue weighted by Crippen LogP contribution is 2.45. The van der Waals surface area contributed by atoms with E-state index in [9.17, 15) is 31.9 Å². The van der Waals surface area contributed by atoms with Gasteiger partial charge in [-0.15, -0.1) is 0 Å². The Morgan fingerprint density at radius 1 is 1.13 bits per heavy atom. The van der Waals surface area contributed by atoms with Gasteiger partial charge in [0.25, 0.3) is 0 Å². The van der Waals surface area contributed by atoms with E-state index in [4.69, 9.17) is 5.73 Å². The van der Waals surface area contributed by atoms with Gasteiger partial charge >= 0.3 is 0 Å². The highest BCUT2D eigenvalue weighted by molar-refractivity contribution is 7.91. The van der Waals surface area contributed by atoms with Gasteiger partial charge in [-0.05, 0) is 54.5 Å². The largest absolute Gasteiger partial charge is 0.390 e. The van der Waals surface area contributed by atoms with Crippen molar-refractivity contribution < 1.29 is 31.9 Å². The summed E-state index contributed by atoms with van der Waals surface area (Å²) in [5, 5.41) is 17.0. The van der Waals surface area contributed by atoms with E-state index in [0.29, 0.717) is 12.8 Å². The van der Waals surface area contributed by atoms with Crippen molar-refractivity contribution in [2.75, 3.05) is 18.1 Å². The van der Waals surface area contributed by atoms with Gasteiger partial charge in [-0.1, -0.05) is 37.6 Å². The van der Waals surface area contributed by atoms with Gasteiger partial charge in [0.1, 0.15) is 11.6 Å². The van der Waals surface area contributed by atoms with Crippen molar-refractivity contribution in [3.63, 3.8) is 0 Å². The number of sulfone groups is 1. The number of carbonyl (C=O) groups excluding carboxylic acids is 2. The highest BCUT2D eigenvalue weighted by Gasteiger charge is 2.44. The molecule has 0 heterocycles. The average Bonchev–Trinajstić information content (AvgIpc) is 3.65. The molecule has 2 unspecified atom stereocenters. The molecule has 2 aromatic carbocycles. The van der Waals surface area contributed by atoms with Crippen molar-refractivity contribution in [2.45, 2.75) is 63.1 Å². The summed E-state index contributed by atoms with van der Waals surface area (Å²) in [6.07, 6.45) is 2.63. The molecular formula is C28H36F2N3O5S. The summed E-state index contributed by atoms with van der Waals surface area (Å²) in [5.41, 5.74) is 6.83. The van der Waals surface area contributed by atoms with Crippen LogP contribution in [0.15, 0.2) is 42.5 Å². The van der Waals surface area contributed by atoms with E-state index in [1.807, 2.05) is 31.2 Å². The second-order valence-corrected chi connectivity index (χ2v) is 12.4. The van der Waals surface area contributed by atoms with Crippen molar-refractivity contribution in [1.29, 1.82) is 0 Å². The lowest BCUT2D eigenvalue weighted by Crippen LogP contribution is -2.50. The third-order valence-corrected chi connectivity index (χ3v) is 8.34. The quantitative estimate of drug-likeness (QED) is 0.246. The van der Waals surface area contributed by atoms with E-state index in [1.165, 1.54) is 0 Å². The topological polar surface area (TPSA) is 139 Å². The number of hydrogen-bond acceptors (Lipinski definition) is 6. The van der Waals surface area contributed by atoms with Crippen molar-refractivity contribution in [3.8, 4) is 0 Å². The summed E-state index contributed by atoms with van der Waals surface area (Å²) in [6, 6.07) is 9.45. The maximum absolute atomic E-state index is 13.8. The van der Waals surface area contributed by atoms with E-state index in [0.717, 1.165) is 48.6 Å². The molecule has 0 bridgehead atoms. The lowest BCUT2D eigenvalue weighted by molar-refractivity contribution is -0.119. The molecule has 1 fully saturated rings. The molecule has 0 spiro atoms. The van der Waals surface area contributed by atoms with E-state index < -0.39 is 56.7 Å². The predicted molar refractivity (Wildman–Crippen MR) is 144 cm³/mol. The summed E-state index contributed by atoms with van der Waals surface area (Å²) < 4.78 is 51.9. The summed E-state index contributed by atoms with van der Waals surface area (Å²) in [5.74, 6) is -3.19. The number of amides is 2. The zero-order valence-corrected chi connectivity index (χ0v) is 22.8. The van der Waals surface area contributed by atoms with Crippen molar-refractivity contribution >= 4 is 21.7 Å². The first-order valence-corrected chi connectivity index (χ1v) is 14.8. The molecule has 1 aliphatic rings. The van der Waals surface area contributed by atoms with Crippen LogP contribution < -0.4 is 16.4 Å². The fourth-order valence-electron chi connectivity index (χ4n) is 4.47. The van der Waals surface area contributed by atoms with E-state index in [1.54, 1.807) is 0 Å². The molecule has 1 saturated carbocycles. The van der Waals surface area contributed by atoms with Crippen LogP contribution in [0.2, 0.25) is 0 Å². The van der Waals surface area contributed by atoms with Crippen LogP contribution in [0, 0.1) is 18.1 Å². The number of nitrogens with one attached hydrogen (secondary N) is 2. The fraction of sp³-hybridized carbons (Fsp3) is 0.464. The van der Waals surface area contributed by atoms with Crippen LogP contribution in [0.25, 0.3) is 0 Å². The molecular weight excluding hydrogens is 528 g/mol. The Morgan fingerprint density at radius 2 is 1.82 bits per heavy atom. The summed E-state index contributed by atoms with van der Waals surface area (Å²) >= 11 is 0. The first kappa shape index (κ1) is 30.6. The number of primary amides is 1. The van der Waals surface area contributed by atoms with Crippen molar-refractivity contribution in [2.24, 2.45) is 5.73 Å². The molecule has 0 aromatic heterocycles. The number of halogens is 2. The van der Waals surface area contributed by atoms with Crippen LogP contribution in [-0.4, -0.2) is 55.5 Å². The summed E-state index contributed by atoms with van der Waals surface area (Å²) in [6.45, 7) is 1.91. The molecule has 0 aliphatic heterocycles. The van der Waals surface area contributed by atoms with Gasteiger partial charge in [-0.2, -0.15) is 0 Å². The number of hydrogen-bond donors (Lipinski definition) is 4. The second-order valence-electron chi connectivity index (χ2n) is 10.1. The highest BCUT2D eigenvalue weighted by atomic mass is 32.2. The number of benzene rings is 2. The molecule has 39 heavy (non-hydrogen) atoms. The number of nitrogens with two attached hydrogens (primary N) is 1. The molecule has 2 amide bonds. The minimum absolute atomic E-state index is 0.0332. The molecule has 5 N–H and O–H groups in total. The second kappa shape index (κ2) is 13.5. The van der Waals surface area contributed by atoms with Gasteiger partial charge in [0, 0.05) is 18.2 Å². The lowest BCUT2D eigenvalue weighted by atomic mass is 9.98. The molecule has 2 aromatic rings. The molecule has 2 atom stereocenters. The third-order valence-electron chi connectivity index (χ3n) is 6.76. The van der Waals surface area contributed by atoms with Gasteiger partial charge in [0.2, 0.25) is 11.8 Å². The maximum Gasteiger partial charge on any atom is 0.225 e. The van der Waals surface area contributed by atoms with Crippen LogP contribution >= 0.6 is 0 Å². The van der Waals surface area contributed by atoms with Crippen molar-refractivity contribution in [3.05, 3.63) is 77.2 Å². The Morgan fingerprint density at radius 3 is 2.44 bits per heavy atom. The number of rotatable bonds is 16. The monoisotopic (exact) mass is 564 g/mol. The number of carbonyl (C=O) groups is 2. The van der Waals surface area contributed by atoms with Crippen LogP contribution in [-0.2, 0) is 37.8 Å². The fourth-order valence-corrected chi connectivity index (χ4v) is 5.77. The van der Waals surface area contributed by atoms with Gasteiger partial charge in [-0.25, -0.2) is 17.2 Å². The Kier molecular flexibility index (Phi) is 10.6. The van der Waals surface area contributed by atoms with Gasteiger partial charge in [0.15, 0.2) is 9.84 Å². The van der Waals surface area contributed by atoms with E-state index >= 15 is 0 Å². The Bertz CT molecular complexity index is 1250. The summed E-state index contributed by atoms with van der Waals surface area (Å²) in [7, 11) is -3.45. The molecule has 1 aliphatic carbocycles. The van der Waals surface area contributed by atoms with Crippen LogP contribution in [0.4, 0.5) is 8.78 Å². The normalized spacial score (nSPS) is 15.9. The van der Waals surface area contributed by atoms with Crippen LogP contribution in [0.3, 0.4) is 0 Å². The lowest BCUT2D eigenvalue weighted by Gasteiger charge is -2.27. The van der Waals surface area contributed by atoms with E-state index in [2.05, 4.69) is 10.6 Å². The smallest absolute Gasteiger partial charge is 0.225 e. The molecule has 0 saturated heterocycles. The van der Waals surface area contributed by atoms with Crippen LogP contribution in [0.1, 0.15) is 49.3 Å². The number of aliphatic hydroxyl groups is 1. The minimum Gasteiger partial charge on any atom is -0.390 e. The average molecular weight is 565 g/mol. The standard InChI is InChI=1S/C28H36F2N3O5S/c1-2-3-10-39(37,38)11-7-27(36)33-24(15-20-13-22(29)17-23(30)14-20)25(34)18-32-28(8-9-28)21-6-4-5-19(12-21)16-26(31)35/h4-7,12-14,17,24-25,32,34H,2-3,8-11,15-16,18H2,1H3,(H2,31,35)(H,33,36). The first-order chi connectivity index (χ1) is 18.4. The molecule has 8 nitrogen and oxygen atoms in total. The van der Waals surface area contributed by atoms with Gasteiger partial charge < -0.3 is 21.5 Å². The minimum atomic E-state index is -3.45. The van der Waals surface area contributed by atoms with Crippen LogP contribution in [0.5, 0.6) is 0 Å². The number of aliphatic hydroxyl groups excluding tert-OH is 1. The zero-order valence-electron chi connectivity index (χ0n) is 22.0. The molecule has 11 heteroatoms. The SMILES string of the molecule is CCCCS(=O)(=O)C[CH]C(=O)NC(Cc1cc(F)cc(F)c1)C(O)CNC1(c2cccc(CC(N)=O)c2)CC1. The predicted octanol–water partition coefficient (Wildman–Crippen LogP) is 2.08. The number of unbranched alkanes of at least 4 members (excludes halogenated alkanes) is 1. The third kappa shape index (κ3) is 9.66.